The van der Waals surface area contributed by atoms with Crippen molar-refractivity contribution in [3.8, 4) is 10.9 Å². The molecule has 0 amide bonds. The molecule has 96 valence electrons. The standard InChI is InChI=1S/C14H9Cl2NOS/c15-8-12-13(16)17-14(19-12)18-11-7-3-5-9-4-1-2-6-10(9)11/h1-7H,8H2. The smallest absolute Gasteiger partial charge is 0.280 e. The number of rotatable bonds is 3. The monoisotopic (exact) mass is 309 g/mol. The van der Waals surface area contributed by atoms with Gasteiger partial charge in [0.1, 0.15) is 10.9 Å². The van der Waals surface area contributed by atoms with E-state index in [9.17, 15) is 0 Å². The Kier molecular flexibility index (Phi) is 3.60. The third kappa shape index (κ3) is 2.54. The zero-order valence-electron chi connectivity index (χ0n) is 9.77. The van der Waals surface area contributed by atoms with Gasteiger partial charge in [0.25, 0.3) is 5.19 Å². The lowest BCUT2D eigenvalue weighted by Gasteiger charge is -2.05. The van der Waals surface area contributed by atoms with Crippen molar-refractivity contribution in [2.75, 3.05) is 0 Å². The third-order valence-electron chi connectivity index (χ3n) is 2.70. The van der Waals surface area contributed by atoms with Gasteiger partial charge in [-0.2, -0.15) is 4.98 Å². The summed E-state index contributed by atoms with van der Waals surface area (Å²) in [6, 6.07) is 13.9. The maximum Gasteiger partial charge on any atom is 0.280 e. The number of benzene rings is 2. The number of fused-ring (bicyclic) bond motifs is 1. The van der Waals surface area contributed by atoms with Crippen LogP contribution in [0.2, 0.25) is 5.15 Å². The van der Waals surface area contributed by atoms with Gasteiger partial charge in [-0.25, -0.2) is 0 Å². The lowest BCUT2D eigenvalue weighted by molar-refractivity contribution is 0.484. The van der Waals surface area contributed by atoms with Gasteiger partial charge in [0, 0.05) is 5.39 Å². The molecule has 3 rings (SSSR count). The van der Waals surface area contributed by atoms with Crippen molar-refractivity contribution in [1.82, 2.24) is 4.98 Å². The predicted octanol–water partition coefficient (Wildman–Crippen LogP) is 5.48. The van der Waals surface area contributed by atoms with Gasteiger partial charge in [-0.05, 0) is 11.5 Å². The Labute approximate surface area is 124 Å². The van der Waals surface area contributed by atoms with E-state index in [0.29, 0.717) is 16.2 Å². The second-order valence-corrected chi connectivity index (χ2v) is 5.58. The summed E-state index contributed by atoms with van der Waals surface area (Å²) in [4.78, 5) is 4.98. The summed E-state index contributed by atoms with van der Waals surface area (Å²) in [5.74, 6) is 1.11. The molecule has 0 bridgehead atoms. The second kappa shape index (κ2) is 5.37. The van der Waals surface area contributed by atoms with E-state index in [1.54, 1.807) is 0 Å². The average Bonchev–Trinajstić information content (AvgIpc) is 2.79. The molecule has 0 aliphatic carbocycles. The fourth-order valence-electron chi connectivity index (χ4n) is 1.82. The lowest BCUT2D eigenvalue weighted by Crippen LogP contribution is -1.84. The van der Waals surface area contributed by atoms with Crippen LogP contribution < -0.4 is 4.74 Å². The molecule has 0 spiro atoms. The maximum atomic E-state index is 5.96. The maximum absolute atomic E-state index is 5.96. The predicted molar refractivity (Wildman–Crippen MR) is 80.7 cm³/mol. The van der Waals surface area contributed by atoms with E-state index in [4.69, 9.17) is 27.9 Å². The van der Waals surface area contributed by atoms with Crippen molar-refractivity contribution in [3.05, 3.63) is 52.5 Å². The van der Waals surface area contributed by atoms with Crippen LogP contribution in [0.15, 0.2) is 42.5 Å². The highest BCUT2D eigenvalue weighted by Crippen LogP contribution is 2.35. The highest BCUT2D eigenvalue weighted by molar-refractivity contribution is 7.14. The summed E-state index contributed by atoms with van der Waals surface area (Å²) in [6.07, 6.45) is 0. The topological polar surface area (TPSA) is 22.1 Å². The fourth-order valence-corrected chi connectivity index (χ4v) is 3.15. The Morgan fingerprint density at radius 2 is 1.89 bits per heavy atom. The van der Waals surface area contributed by atoms with E-state index in [0.717, 1.165) is 21.4 Å². The second-order valence-electron chi connectivity index (χ2n) is 3.91. The number of nitrogens with zero attached hydrogens (tertiary/aromatic N) is 1. The van der Waals surface area contributed by atoms with Crippen LogP contribution in [-0.4, -0.2) is 4.98 Å². The van der Waals surface area contributed by atoms with Crippen LogP contribution in [0, 0.1) is 0 Å². The minimum Gasteiger partial charge on any atom is -0.430 e. The molecule has 0 N–H and O–H groups in total. The normalized spacial score (nSPS) is 10.8. The molecule has 0 fully saturated rings. The number of aromatic nitrogens is 1. The molecule has 0 atom stereocenters. The number of alkyl halides is 1. The van der Waals surface area contributed by atoms with Gasteiger partial charge < -0.3 is 4.74 Å². The van der Waals surface area contributed by atoms with Gasteiger partial charge in [-0.3, -0.25) is 0 Å². The summed E-state index contributed by atoms with van der Waals surface area (Å²) in [6.45, 7) is 0. The van der Waals surface area contributed by atoms with Gasteiger partial charge in [0.15, 0.2) is 0 Å². The highest BCUT2D eigenvalue weighted by Gasteiger charge is 2.11. The quantitative estimate of drug-likeness (QED) is 0.598. The molecule has 0 aliphatic rings. The van der Waals surface area contributed by atoms with Crippen LogP contribution >= 0.6 is 34.5 Å². The number of hydrogen-bond donors (Lipinski definition) is 0. The van der Waals surface area contributed by atoms with Crippen molar-refractivity contribution in [3.63, 3.8) is 0 Å². The molecule has 0 radical (unpaired) electrons. The first-order chi connectivity index (χ1) is 9.28. The van der Waals surface area contributed by atoms with Crippen LogP contribution in [0.25, 0.3) is 10.8 Å². The van der Waals surface area contributed by atoms with Gasteiger partial charge in [-0.1, -0.05) is 59.3 Å². The van der Waals surface area contributed by atoms with Crippen molar-refractivity contribution < 1.29 is 4.74 Å². The van der Waals surface area contributed by atoms with Crippen LogP contribution in [0.4, 0.5) is 0 Å². The summed E-state index contributed by atoms with van der Waals surface area (Å²) < 4.78 is 5.82. The molecule has 5 heteroatoms. The molecule has 2 nitrogen and oxygen atoms in total. The summed E-state index contributed by atoms with van der Waals surface area (Å²) in [7, 11) is 0. The molecular weight excluding hydrogens is 301 g/mol. The number of thiazole rings is 1. The summed E-state index contributed by atoms with van der Waals surface area (Å²) in [5.41, 5.74) is 0. The number of halogens is 2. The molecular formula is C14H9Cl2NOS. The third-order valence-corrected chi connectivity index (χ3v) is 4.48. The van der Waals surface area contributed by atoms with Crippen LogP contribution in [0.3, 0.4) is 0 Å². The molecule has 0 unspecified atom stereocenters. The van der Waals surface area contributed by atoms with Gasteiger partial charge in [-0.15, -0.1) is 11.6 Å². The first-order valence-corrected chi connectivity index (χ1v) is 7.37. The van der Waals surface area contributed by atoms with Crippen molar-refractivity contribution in [2.45, 2.75) is 5.88 Å². The van der Waals surface area contributed by atoms with Crippen LogP contribution in [0.5, 0.6) is 10.9 Å². The molecule has 1 aromatic heterocycles. The fraction of sp³-hybridized carbons (Fsp3) is 0.0714. The van der Waals surface area contributed by atoms with E-state index in [-0.39, 0.29) is 0 Å². The molecule has 3 aromatic rings. The minimum absolute atomic E-state index is 0.343. The minimum atomic E-state index is 0.343. The molecule has 0 saturated carbocycles. The molecule has 19 heavy (non-hydrogen) atoms. The Balaban J connectivity index is 2.00. The van der Waals surface area contributed by atoms with Crippen molar-refractivity contribution in [2.24, 2.45) is 0 Å². The number of ether oxygens (including phenoxy) is 1. The largest absolute Gasteiger partial charge is 0.430 e. The van der Waals surface area contributed by atoms with Gasteiger partial charge in [0.05, 0.1) is 10.8 Å². The number of hydrogen-bond acceptors (Lipinski definition) is 3. The van der Waals surface area contributed by atoms with Gasteiger partial charge >= 0.3 is 0 Å². The highest BCUT2D eigenvalue weighted by atomic mass is 35.5. The lowest BCUT2D eigenvalue weighted by atomic mass is 10.1. The van der Waals surface area contributed by atoms with E-state index in [2.05, 4.69) is 4.98 Å². The Morgan fingerprint density at radius 3 is 2.68 bits per heavy atom. The van der Waals surface area contributed by atoms with Crippen molar-refractivity contribution >= 4 is 45.3 Å². The van der Waals surface area contributed by atoms with Crippen LogP contribution in [0.1, 0.15) is 4.88 Å². The van der Waals surface area contributed by atoms with E-state index < -0.39 is 0 Å². The molecule has 0 saturated heterocycles. The zero-order chi connectivity index (χ0) is 13.2. The van der Waals surface area contributed by atoms with Crippen LogP contribution in [-0.2, 0) is 5.88 Å². The Morgan fingerprint density at radius 1 is 1.11 bits per heavy atom. The van der Waals surface area contributed by atoms with Gasteiger partial charge in [0.2, 0.25) is 0 Å². The molecule has 1 heterocycles. The molecule has 2 aromatic carbocycles. The SMILES string of the molecule is ClCc1sc(Oc2cccc3ccccc23)nc1Cl. The Hall–Kier alpha value is -1.29. The van der Waals surface area contributed by atoms with E-state index >= 15 is 0 Å². The van der Waals surface area contributed by atoms with E-state index in [1.807, 2.05) is 42.5 Å². The zero-order valence-corrected chi connectivity index (χ0v) is 12.1. The summed E-state index contributed by atoms with van der Waals surface area (Å²) in [5, 5.41) is 3.09. The first-order valence-electron chi connectivity index (χ1n) is 5.64. The van der Waals surface area contributed by atoms with Crippen molar-refractivity contribution in [1.29, 1.82) is 0 Å². The average molecular weight is 310 g/mol. The first kappa shape index (κ1) is 12.7. The van der Waals surface area contributed by atoms with E-state index in [1.165, 1.54) is 11.3 Å². The Bertz CT molecular complexity index is 721. The molecule has 0 aliphatic heterocycles. The summed E-state index contributed by atoms with van der Waals surface area (Å²) >= 11 is 13.1.